The predicted octanol–water partition coefficient (Wildman–Crippen LogP) is 2.54. The number of nitrogens with zero attached hydrogens (tertiary/aromatic N) is 2. The summed E-state index contributed by atoms with van der Waals surface area (Å²) >= 11 is 0. The monoisotopic (exact) mass is 271 g/mol. The molecule has 2 aliphatic carbocycles. The first-order chi connectivity index (χ1) is 9.90. The van der Waals surface area contributed by atoms with E-state index in [4.69, 9.17) is 4.98 Å². The average molecular weight is 271 g/mol. The molecule has 1 unspecified atom stereocenters. The van der Waals surface area contributed by atoms with Crippen LogP contribution in [-0.2, 0) is 12.8 Å². The maximum atomic E-state index is 4.99. The molecule has 1 aromatic heterocycles. The summed E-state index contributed by atoms with van der Waals surface area (Å²) in [5.74, 6) is 2.05. The smallest absolute Gasteiger partial charge is 0.129 e. The van der Waals surface area contributed by atoms with Crippen molar-refractivity contribution in [2.45, 2.75) is 51.0 Å². The molecule has 2 fully saturated rings. The highest BCUT2D eigenvalue weighted by Crippen LogP contribution is 2.33. The summed E-state index contributed by atoms with van der Waals surface area (Å²) in [5, 5.41) is 3.55. The van der Waals surface area contributed by atoms with E-state index in [0.29, 0.717) is 0 Å². The first kappa shape index (κ1) is 12.6. The number of pyridine rings is 1. The average Bonchev–Trinajstić information content (AvgIpc) is 3.22. The van der Waals surface area contributed by atoms with Gasteiger partial charge >= 0.3 is 0 Å². The molecule has 2 heterocycles. The molecule has 0 aromatic carbocycles. The minimum Gasteiger partial charge on any atom is -0.353 e. The molecule has 108 valence electrons. The summed E-state index contributed by atoms with van der Waals surface area (Å²) in [4.78, 5) is 7.59. The Bertz CT molecular complexity index is 475. The highest BCUT2D eigenvalue weighted by Gasteiger charge is 2.32. The minimum atomic E-state index is 0.767. The number of fused-ring (bicyclic) bond motifs is 1. The highest BCUT2D eigenvalue weighted by atomic mass is 15.2. The number of piperidine rings is 1. The lowest BCUT2D eigenvalue weighted by Crippen LogP contribution is -2.39. The third kappa shape index (κ3) is 2.56. The molecule has 0 radical (unpaired) electrons. The van der Waals surface area contributed by atoms with Crippen molar-refractivity contribution in [1.29, 1.82) is 0 Å². The molecule has 20 heavy (non-hydrogen) atoms. The van der Waals surface area contributed by atoms with Crippen molar-refractivity contribution in [3.63, 3.8) is 0 Å². The Labute approximate surface area is 121 Å². The third-order valence-corrected chi connectivity index (χ3v) is 5.05. The van der Waals surface area contributed by atoms with Crippen LogP contribution in [0.25, 0.3) is 0 Å². The van der Waals surface area contributed by atoms with Crippen LogP contribution in [0, 0.1) is 5.92 Å². The second kappa shape index (κ2) is 5.36. The van der Waals surface area contributed by atoms with Gasteiger partial charge in [-0.15, -0.1) is 0 Å². The van der Waals surface area contributed by atoms with E-state index in [9.17, 15) is 0 Å². The molecule has 1 aromatic rings. The first-order valence-corrected chi connectivity index (χ1v) is 8.36. The van der Waals surface area contributed by atoms with Crippen LogP contribution in [-0.4, -0.2) is 30.7 Å². The first-order valence-electron chi connectivity index (χ1n) is 8.36. The number of anilines is 1. The largest absolute Gasteiger partial charge is 0.353 e. The van der Waals surface area contributed by atoms with Gasteiger partial charge in [0.2, 0.25) is 0 Å². The lowest BCUT2D eigenvalue weighted by atomic mass is 9.99. The quantitative estimate of drug-likeness (QED) is 0.912. The van der Waals surface area contributed by atoms with Gasteiger partial charge in [-0.2, -0.15) is 0 Å². The number of nitrogens with one attached hydrogen (secondary N) is 1. The van der Waals surface area contributed by atoms with Gasteiger partial charge in [0, 0.05) is 18.3 Å². The van der Waals surface area contributed by atoms with E-state index in [1.54, 1.807) is 0 Å². The SMILES string of the molecule is c1cc2c(nc1N(CC1CCCNC1)C1CC1)CCC2. The molecule has 0 amide bonds. The van der Waals surface area contributed by atoms with Crippen molar-refractivity contribution >= 4 is 5.82 Å². The summed E-state index contributed by atoms with van der Waals surface area (Å²) in [6, 6.07) is 5.38. The lowest BCUT2D eigenvalue weighted by Gasteiger charge is -2.31. The Morgan fingerprint density at radius 3 is 2.90 bits per heavy atom. The molecule has 0 spiro atoms. The van der Waals surface area contributed by atoms with Crippen molar-refractivity contribution in [1.82, 2.24) is 10.3 Å². The van der Waals surface area contributed by atoms with Crippen molar-refractivity contribution < 1.29 is 0 Å². The topological polar surface area (TPSA) is 28.2 Å². The van der Waals surface area contributed by atoms with Crippen LogP contribution in [0.15, 0.2) is 12.1 Å². The Kier molecular flexibility index (Phi) is 3.39. The van der Waals surface area contributed by atoms with Crippen LogP contribution in [0.3, 0.4) is 0 Å². The second-order valence-corrected chi connectivity index (χ2v) is 6.72. The van der Waals surface area contributed by atoms with Gasteiger partial charge in [0.1, 0.15) is 5.82 Å². The van der Waals surface area contributed by atoms with Crippen LogP contribution >= 0.6 is 0 Å². The predicted molar refractivity (Wildman–Crippen MR) is 82.2 cm³/mol. The number of rotatable bonds is 4. The van der Waals surface area contributed by atoms with Gasteiger partial charge < -0.3 is 10.2 Å². The van der Waals surface area contributed by atoms with Gasteiger partial charge in [-0.05, 0) is 75.6 Å². The van der Waals surface area contributed by atoms with Gasteiger partial charge in [-0.1, -0.05) is 6.07 Å². The van der Waals surface area contributed by atoms with E-state index >= 15 is 0 Å². The van der Waals surface area contributed by atoms with E-state index in [-0.39, 0.29) is 0 Å². The van der Waals surface area contributed by atoms with Crippen LogP contribution < -0.4 is 10.2 Å². The Morgan fingerprint density at radius 2 is 2.10 bits per heavy atom. The van der Waals surface area contributed by atoms with E-state index < -0.39 is 0 Å². The normalized spacial score (nSPS) is 25.5. The molecular formula is C17H25N3. The third-order valence-electron chi connectivity index (χ3n) is 5.05. The van der Waals surface area contributed by atoms with Crippen LogP contribution in [0.5, 0.6) is 0 Å². The molecule has 3 nitrogen and oxygen atoms in total. The van der Waals surface area contributed by atoms with Gasteiger partial charge in [0.15, 0.2) is 0 Å². The lowest BCUT2D eigenvalue weighted by molar-refractivity contribution is 0.375. The van der Waals surface area contributed by atoms with Gasteiger partial charge in [0.25, 0.3) is 0 Å². The van der Waals surface area contributed by atoms with Gasteiger partial charge in [-0.25, -0.2) is 4.98 Å². The Balaban J connectivity index is 1.52. The molecule has 0 bridgehead atoms. The molecule has 4 rings (SSSR count). The summed E-state index contributed by atoms with van der Waals surface area (Å²) in [6.45, 7) is 3.59. The van der Waals surface area contributed by atoms with E-state index in [2.05, 4.69) is 22.3 Å². The number of hydrogen-bond donors (Lipinski definition) is 1. The van der Waals surface area contributed by atoms with Crippen molar-refractivity contribution in [2.75, 3.05) is 24.5 Å². The summed E-state index contributed by atoms with van der Waals surface area (Å²) in [7, 11) is 0. The maximum absolute atomic E-state index is 4.99. The van der Waals surface area contributed by atoms with Crippen molar-refractivity contribution in [2.24, 2.45) is 5.92 Å². The minimum absolute atomic E-state index is 0.767. The Hall–Kier alpha value is -1.09. The maximum Gasteiger partial charge on any atom is 0.129 e. The molecule has 1 saturated heterocycles. The van der Waals surface area contributed by atoms with Crippen molar-refractivity contribution in [3.05, 3.63) is 23.4 Å². The van der Waals surface area contributed by atoms with Crippen molar-refractivity contribution in [3.8, 4) is 0 Å². The number of aromatic nitrogens is 1. The number of aryl methyl sites for hydroxylation is 2. The Morgan fingerprint density at radius 1 is 1.15 bits per heavy atom. The highest BCUT2D eigenvalue weighted by molar-refractivity contribution is 5.45. The zero-order valence-corrected chi connectivity index (χ0v) is 12.3. The van der Waals surface area contributed by atoms with E-state index in [0.717, 1.165) is 12.0 Å². The fraction of sp³-hybridized carbons (Fsp3) is 0.706. The number of hydrogen-bond acceptors (Lipinski definition) is 3. The molecule has 1 N–H and O–H groups in total. The second-order valence-electron chi connectivity index (χ2n) is 6.72. The van der Waals surface area contributed by atoms with Crippen LogP contribution in [0.2, 0.25) is 0 Å². The zero-order valence-electron chi connectivity index (χ0n) is 12.3. The molecular weight excluding hydrogens is 246 g/mol. The van der Waals surface area contributed by atoms with Gasteiger partial charge in [0.05, 0.1) is 0 Å². The molecule has 3 heteroatoms. The zero-order chi connectivity index (χ0) is 13.4. The van der Waals surface area contributed by atoms with Gasteiger partial charge in [-0.3, -0.25) is 0 Å². The summed E-state index contributed by atoms with van der Waals surface area (Å²) in [5.41, 5.74) is 2.86. The fourth-order valence-corrected chi connectivity index (χ4v) is 3.74. The van der Waals surface area contributed by atoms with Crippen LogP contribution in [0.1, 0.15) is 43.4 Å². The summed E-state index contributed by atoms with van der Waals surface area (Å²) < 4.78 is 0. The summed E-state index contributed by atoms with van der Waals surface area (Å²) in [6.07, 6.45) is 9.15. The van der Waals surface area contributed by atoms with Crippen LogP contribution in [0.4, 0.5) is 5.82 Å². The molecule has 3 aliphatic rings. The van der Waals surface area contributed by atoms with E-state index in [1.807, 2.05) is 0 Å². The molecule has 1 atom stereocenters. The fourth-order valence-electron chi connectivity index (χ4n) is 3.74. The molecule has 1 saturated carbocycles. The molecule has 1 aliphatic heterocycles. The standard InChI is InChI=1S/C17H25N3/c1-4-14-6-9-17(19-16(14)5-1)20(15-7-8-15)12-13-3-2-10-18-11-13/h6,9,13,15,18H,1-5,7-8,10-12H2. The van der Waals surface area contributed by atoms with E-state index in [1.165, 1.54) is 81.7 Å².